The molecule has 0 aromatic rings. The first-order chi connectivity index (χ1) is 6.82. The van der Waals surface area contributed by atoms with Crippen molar-refractivity contribution in [3.05, 3.63) is 0 Å². The molecular formula is C12H24N2O. The zero-order chi connectivity index (χ0) is 11.6. The fraction of sp³-hybridized carbons (Fsp3) is 0.917. The first-order valence-corrected chi connectivity index (χ1v) is 5.85. The van der Waals surface area contributed by atoms with Gasteiger partial charge in [-0.25, -0.2) is 0 Å². The zero-order valence-corrected chi connectivity index (χ0v) is 10.4. The molecular weight excluding hydrogens is 188 g/mol. The number of carbonyl (C=O) groups is 1. The standard InChI is InChI=1S/C12H24N2O/c1-9(11(13)15)14-7-5-10(6-8-14)12(2,3)4/h9-10H,5-8H2,1-4H3,(H2,13,15). The molecule has 2 N–H and O–H groups in total. The van der Waals surface area contributed by atoms with Gasteiger partial charge in [-0.05, 0) is 44.2 Å². The van der Waals surface area contributed by atoms with Crippen molar-refractivity contribution in [3.8, 4) is 0 Å². The van der Waals surface area contributed by atoms with E-state index in [2.05, 4.69) is 25.7 Å². The Kier molecular flexibility index (Phi) is 3.77. The van der Waals surface area contributed by atoms with Crippen molar-refractivity contribution in [3.63, 3.8) is 0 Å². The summed E-state index contributed by atoms with van der Waals surface area (Å²) in [4.78, 5) is 13.3. The predicted molar refractivity (Wildman–Crippen MR) is 62.4 cm³/mol. The van der Waals surface area contributed by atoms with Crippen molar-refractivity contribution in [2.24, 2.45) is 17.1 Å². The molecule has 15 heavy (non-hydrogen) atoms. The number of amides is 1. The monoisotopic (exact) mass is 212 g/mol. The topological polar surface area (TPSA) is 46.3 Å². The molecule has 1 aliphatic rings. The quantitative estimate of drug-likeness (QED) is 0.756. The number of piperidine rings is 1. The van der Waals surface area contributed by atoms with Gasteiger partial charge >= 0.3 is 0 Å². The largest absolute Gasteiger partial charge is 0.368 e. The highest BCUT2D eigenvalue weighted by Crippen LogP contribution is 2.34. The molecule has 1 heterocycles. The van der Waals surface area contributed by atoms with Crippen molar-refractivity contribution >= 4 is 5.91 Å². The van der Waals surface area contributed by atoms with E-state index in [9.17, 15) is 4.79 Å². The number of primary amides is 1. The predicted octanol–water partition coefficient (Wildman–Crippen LogP) is 1.62. The van der Waals surface area contributed by atoms with Crippen molar-refractivity contribution < 1.29 is 4.79 Å². The lowest BCUT2D eigenvalue weighted by atomic mass is 9.75. The van der Waals surface area contributed by atoms with Crippen molar-refractivity contribution in [2.45, 2.75) is 46.6 Å². The van der Waals surface area contributed by atoms with Crippen LogP contribution in [0.25, 0.3) is 0 Å². The molecule has 3 nitrogen and oxygen atoms in total. The van der Waals surface area contributed by atoms with Gasteiger partial charge in [-0.1, -0.05) is 20.8 Å². The summed E-state index contributed by atoms with van der Waals surface area (Å²) in [5.41, 5.74) is 5.70. The molecule has 0 saturated carbocycles. The normalized spacial score (nSPS) is 22.7. The summed E-state index contributed by atoms with van der Waals surface area (Å²) in [5.74, 6) is 0.568. The number of nitrogens with zero attached hydrogens (tertiary/aromatic N) is 1. The van der Waals surface area contributed by atoms with Crippen LogP contribution in [0.1, 0.15) is 40.5 Å². The maximum Gasteiger partial charge on any atom is 0.234 e. The molecule has 1 aliphatic heterocycles. The van der Waals surface area contributed by atoms with E-state index >= 15 is 0 Å². The SMILES string of the molecule is CC(C(N)=O)N1CCC(C(C)(C)C)CC1. The molecule has 0 aromatic heterocycles. The Hall–Kier alpha value is -0.570. The Labute approximate surface area is 93.0 Å². The Morgan fingerprint density at radius 3 is 2.13 bits per heavy atom. The third-order valence-electron chi connectivity index (χ3n) is 3.71. The minimum Gasteiger partial charge on any atom is -0.368 e. The number of hydrogen-bond donors (Lipinski definition) is 1. The summed E-state index contributed by atoms with van der Waals surface area (Å²) in [6, 6.07) is -0.106. The van der Waals surface area contributed by atoms with Gasteiger partial charge in [0.25, 0.3) is 0 Å². The molecule has 0 bridgehead atoms. The van der Waals surface area contributed by atoms with E-state index < -0.39 is 0 Å². The lowest BCUT2D eigenvalue weighted by Crippen LogP contribution is -2.47. The van der Waals surface area contributed by atoms with Gasteiger partial charge < -0.3 is 5.73 Å². The number of carbonyl (C=O) groups excluding carboxylic acids is 1. The van der Waals surface area contributed by atoms with E-state index in [1.54, 1.807) is 0 Å². The van der Waals surface area contributed by atoms with E-state index in [1.807, 2.05) is 6.92 Å². The molecule has 1 saturated heterocycles. The van der Waals surface area contributed by atoms with Crippen LogP contribution in [0.2, 0.25) is 0 Å². The molecule has 88 valence electrons. The lowest BCUT2D eigenvalue weighted by molar-refractivity contribution is -0.123. The molecule has 0 aromatic carbocycles. The summed E-state index contributed by atoms with van der Waals surface area (Å²) >= 11 is 0. The average molecular weight is 212 g/mol. The molecule has 0 spiro atoms. The Balaban J connectivity index is 2.46. The molecule has 1 amide bonds. The van der Waals surface area contributed by atoms with Gasteiger partial charge in [0.2, 0.25) is 5.91 Å². The van der Waals surface area contributed by atoms with E-state index in [1.165, 1.54) is 12.8 Å². The van der Waals surface area contributed by atoms with Gasteiger partial charge in [0.1, 0.15) is 0 Å². The second-order valence-corrected chi connectivity index (χ2v) is 5.75. The fourth-order valence-electron chi connectivity index (χ4n) is 2.33. The van der Waals surface area contributed by atoms with Gasteiger partial charge in [-0.2, -0.15) is 0 Å². The van der Waals surface area contributed by atoms with Gasteiger partial charge in [0.05, 0.1) is 6.04 Å². The number of hydrogen-bond acceptors (Lipinski definition) is 2. The third kappa shape index (κ3) is 3.20. The van der Waals surface area contributed by atoms with Crippen molar-refractivity contribution in [2.75, 3.05) is 13.1 Å². The van der Waals surface area contributed by atoms with Crippen LogP contribution in [0.4, 0.5) is 0 Å². The number of nitrogens with two attached hydrogens (primary N) is 1. The summed E-state index contributed by atoms with van der Waals surface area (Å²) in [6.45, 7) is 10.8. The Morgan fingerprint density at radius 1 is 1.33 bits per heavy atom. The summed E-state index contributed by atoms with van der Waals surface area (Å²) in [5, 5.41) is 0. The highest BCUT2D eigenvalue weighted by atomic mass is 16.1. The summed E-state index contributed by atoms with van der Waals surface area (Å²) < 4.78 is 0. The van der Waals surface area contributed by atoms with E-state index in [0.29, 0.717) is 5.41 Å². The van der Waals surface area contributed by atoms with Crippen LogP contribution in [-0.4, -0.2) is 29.9 Å². The smallest absolute Gasteiger partial charge is 0.234 e. The van der Waals surface area contributed by atoms with E-state index in [0.717, 1.165) is 19.0 Å². The van der Waals surface area contributed by atoms with E-state index in [-0.39, 0.29) is 11.9 Å². The number of rotatable bonds is 2. The molecule has 1 unspecified atom stereocenters. The van der Waals surface area contributed by atoms with Crippen LogP contribution in [0, 0.1) is 11.3 Å². The molecule has 1 atom stereocenters. The minimum atomic E-state index is -0.204. The van der Waals surface area contributed by atoms with Gasteiger partial charge in [-0.15, -0.1) is 0 Å². The highest BCUT2D eigenvalue weighted by Gasteiger charge is 2.31. The van der Waals surface area contributed by atoms with Gasteiger partial charge in [0, 0.05) is 0 Å². The molecule has 0 aliphatic carbocycles. The van der Waals surface area contributed by atoms with Gasteiger partial charge in [-0.3, -0.25) is 9.69 Å². The second-order valence-electron chi connectivity index (χ2n) is 5.75. The Bertz CT molecular complexity index is 224. The van der Waals surface area contributed by atoms with Crippen LogP contribution < -0.4 is 5.73 Å². The third-order valence-corrected chi connectivity index (χ3v) is 3.71. The first kappa shape index (κ1) is 12.5. The summed E-state index contributed by atoms with van der Waals surface area (Å²) in [6.07, 6.45) is 2.36. The highest BCUT2D eigenvalue weighted by molar-refractivity contribution is 5.79. The summed E-state index contributed by atoms with van der Waals surface area (Å²) in [7, 11) is 0. The fourth-order valence-corrected chi connectivity index (χ4v) is 2.33. The van der Waals surface area contributed by atoms with Crippen LogP contribution in [0.5, 0.6) is 0 Å². The van der Waals surface area contributed by atoms with Gasteiger partial charge in [0.15, 0.2) is 0 Å². The first-order valence-electron chi connectivity index (χ1n) is 5.85. The Morgan fingerprint density at radius 2 is 1.80 bits per heavy atom. The maximum atomic E-state index is 11.1. The van der Waals surface area contributed by atoms with E-state index in [4.69, 9.17) is 5.73 Å². The molecule has 3 heteroatoms. The van der Waals surface area contributed by atoms with Crippen molar-refractivity contribution in [1.29, 1.82) is 0 Å². The lowest BCUT2D eigenvalue weighted by Gasteiger charge is -2.40. The average Bonchev–Trinajstić information content (AvgIpc) is 2.15. The second kappa shape index (κ2) is 4.52. The molecule has 1 fully saturated rings. The molecule has 0 radical (unpaired) electrons. The van der Waals surface area contributed by atoms with Crippen molar-refractivity contribution in [1.82, 2.24) is 4.90 Å². The number of likely N-dealkylation sites (tertiary alicyclic amines) is 1. The minimum absolute atomic E-state index is 0.106. The maximum absolute atomic E-state index is 11.1. The van der Waals surface area contributed by atoms with Crippen LogP contribution in [0.3, 0.4) is 0 Å². The zero-order valence-electron chi connectivity index (χ0n) is 10.4. The van der Waals surface area contributed by atoms with Crippen LogP contribution in [-0.2, 0) is 4.79 Å². The molecule has 1 rings (SSSR count). The van der Waals surface area contributed by atoms with Crippen LogP contribution >= 0.6 is 0 Å². The van der Waals surface area contributed by atoms with Crippen LogP contribution in [0.15, 0.2) is 0 Å².